The Kier molecular flexibility index (Phi) is 1.96. The van der Waals surface area contributed by atoms with Gasteiger partial charge < -0.3 is 5.32 Å². The van der Waals surface area contributed by atoms with Crippen molar-refractivity contribution < 1.29 is 0 Å². The van der Waals surface area contributed by atoms with Gasteiger partial charge in [0.2, 0.25) is 0 Å². The quantitative estimate of drug-likeness (QED) is 0.726. The standard InChI is InChI=1S/C13H23N/c1-13(2)8-12(13)14-11-6-5-10(7-11)9-3-4-9/h9-12,14H,3-8H2,1-2H3. The lowest BCUT2D eigenvalue weighted by Crippen LogP contribution is -2.31. The van der Waals surface area contributed by atoms with Gasteiger partial charge in [-0.1, -0.05) is 13.8 Å². The Morgan fingerprint density at radius 1 is 1.00 bits per heavy atom. The van der Waals surface area contributed by atoms with Crippen LogP contribution >= 0.6 is 0 Å². The van der Waals surface area contributed by atoms with Crippen molar-refractivity contribution in [1.29, 1.82) is 0 Å². The van der Waals surface area contributed by atoms with E-state index in [1.807, 2.05) is 0 Å². The minimum absolute atomic E-state index is 0.609. The Hall–Kier alpha value is -0.0400. The molecule has 3 unspecified atom stereocenters. The lowest BCUT2D eigenvalue weighted by atomic mass is 10.0. The van der Waals surface area contributed by atoms with Crippen LogP contribution in [0.5, 0.6) is 0 Å². The summed E-state index contributed by atoms with van der Waals surface area (Å²) in [4.78, 5) is 0. The summed E-state index contributed by atoms with van der Waals surface area (Å²) < 4.78 is 0. The summed E-state index contributed by atoms with van der Waals surface area (Å²) in [5.74, 6) is 2.23. The lowest BCUT2D eigenvalue weighted by Gasteiger charge is -2.14. The second-order valence-electron chi connectivity index (χ2n) is 6.52. The number of nitrogens with one attached hydrogen (secondary N) is 1. The van der Waals surface area contributed by atoms with Gasteiger partial charge >= 0.3 is 0 Å². The Labute approximate surface area is 87.7 Å². The zero-order valence-electron chi connectivity index (χ0n) is 9.55. The molecule has 0 saturated heterocycles. The molecular formula is C13H23N. The first-order valence-electron chi connectivity index (χ1n) is 6.41. The molecule has 0 spiro atoms. The van der Waals surface area contributed by atoms with Gasteiger partial charge in [-0.3, -0.25) is 0 Å². The van der Waals surface area contributed by atoms with E-state index in [9.17, 15) is 0 Å². The van der Waals surface area contributed by atoms with Crippen LogP contribution in [0.3, 0.4) is 0 Å². The Morgan fingerprint density at radius 3 is 2.21 bits per heavy atom. The van der Waals surface area contributed by atoms with E-state index in [1.165, 1.54) is 38.5 Å². The highest BCUT2D eigenvalue weighted by atomic mass is 15.0. The maximum Gasteiger partial charge on any atom is 0.0127 e. The highest BCUT2D eigenvalue weighted by molar-refractivity contribution is 5.04. The zero-order valence-corrected chi connectivity index (χ0v) is 9.55. The molecule has 0 aromatic heterocycles. The summed E-state index contributed by atoms with van der Waals surface area (Å²) in [7, 11) is 0. The molecule has 1 nitrogen and oxygen atoms in total. The van der Waals surface area contributed by atoms with Gasteiger partial charge in [-0.15, -0.1) is 0 Å². The van der Waals surface area contributed by atoms with Crippen LogP contribution < -0.4 is 5.32 Å². The monoisotopic (exact) mass is 193 g/mol. The molecule has 0 aromatic rings. The summed E-state index contributed by atoms with van der Waals surface area (Å²) in [6, 6.07) is 1.71. The first kappa shape index (κ1) is 9.21. The summed E-state index contributed by atoms with van der Waals surface area (Å²) in [6.45, 7) is 4.77. The molecule has 1 heteroatoms. The highest BCUT2D eigenvalue weighted by Crippen LogP contribution is 2.48. The molecule has 0 bridgehead atoms. The fourth-order valence-corrected chi connectivity index (χ4v) is 3.20. The van der Waals surface area contributed by atoms with Crippen LogP contribution in [0.1, 0.15) is 52.4 Å². The number of rotatable bonds is 3. The van der Waals surface area contributed by atoms with Crippen LogP contribution in [-0.2, 0) is 0 Å². The van der Waals surface area contributed by atoms with Gasteiger partial charge in [-0.25, -0.2) is 0 Å². The van der Waals surface area contributed by atoms with Crippen LogP contribution in [0.4, 0.5) is 0 Å². The Morgan fingerprint density at radius 2 is 1.64 bits per heavy atom. The van der Waals surface area contributed by atoms with Crippen molar-refractivity contribution in [3.8, 4) is 0 Å². The molecule has 0 aliphatic heterocycles. The maximum atomic E-state index is 3.86. The fraction of sp³-hybridized carbons (Fsp3) is 1.00. The predicted molar refractivity (Wildman–Crippen MR) is 59.2 cm³/mol. The first-order chi connectivity index (χ1) is 6.65. The van der Waals surface area contributed by atoms with E-state index in [0.717, 1.165) is 23.9 Å². The van der Waals surface area contributed by atoms with Crippen molar-refractivity contribution in [3.05, 3.63) is 0 Å². The molecule has 14 heavy (non-hydrogen) atoms. The first-order valence-corrected chi connectivity index (χ1v) is 6.41. The molecule has 3 atom stereocenters. The largest absolute Gasteiger partial charge is 0.311 e. The molecular weight excluding hydrogens is 170 g/mol. The average molecular weight is 193 g/mol. The second-order valence-corrected chi connectivity index (χ2v) is 6.52. The van der Waals surface area contributed by atoms with Crippen LogP contribution in [0.15, 0.2) is 0 Å². The smallest absolute Gasteiger partial charge is 0.0127 e. The van der Waals surface area contributed by atoms with E-state index in [4.69, 9.17) is 0 Å². The van der Waals surface area contributed by atoms with E-state index >= 15 is 0 Å². The Bertz CT molecular complexity index is 229. The van der Waals surface area contributed by atoms with E-state index in [1.54, 1.807) is 0 Å². The highest BCUT2D eigenvalue weighted by Gasteiger charge is 2.47. The van der Waals surface area contributed by atoms with E-state index in [2.05, 4.69) is 19.2 Å². The molecule has 3 rings (SSSR count). The molecule has 3 aliphatic rings. The molecule has 0 aromatic carbocycles. The third kappa shape index (κ3) is 1.71. The number of hydrogen-bond acceptors (Lipinski definition) is 1. The third-order valence-corrected chi connectivity index (χ3v) is 4.71. The van der Waals surface area contributed by atoms with Crippen LogP contribution in [0.25, 0.3) is 0 Å². The topological polar surface area (TPSA) is 12.0 Å². The zero-order chi connectivity index (χ0) is 9.76. The van der Waals surface area contributed by atoms with Crippen molar-refractivity contribution in [2.24, 2.45) is 17.3 Å². The van der Waals surface area contributed by atoms with Gasteiger partial charge in [-0.05, 0) is 55.8 Å². The van der Waals surface area contributed by atoms with Crippen LogP contribution in [0.2, 0.25) is 0 Å². The molecule has 0 radical (unpaired) electrons. The van der Waals surface area contributed by atoms with Crippen molar-refractivity contribution in [2.75, 3.05) is 0 Å². The molecule has 0 heterocycles. The normalized spacial score (nSPS) is 45.4. The predicted octanol–water partition coefficient (Wildman–Crippen LogP) is 2.95. The van der Waals surface area contributed by atoms with Gasteiger partial charge in [0, 0.05) is 12.1 Å². The third-order valence-electron chi connectivity index (χ3n) is 4.71. The van der Waals surface area contributed by atoms with Gasteiger partial charge in [0.1, 0.15) is 0 Å². The second kappa shape index (κ2) is 2.98. The molecule has 3 aliphatic carbocycles. The minimum atomic E-state index is 0.609. The van der Waals surface area contributed by atoms with Gasteiger partial charge in [-0.2, -0.15) is 0 Å². The van der Waals surface area contributed by atoms with Gasteiger partial charge in [0.05, 0.1) is 0 Å². The van der Waals surface area contributed by atoms with E-state index in [-0.39, 0.29) is 0 Å². The average Bonchev–Trinajstić information content (AvgIpc) is 2.98. The minimum Gasteiger partial charge on any atom is -0.311 e. The van der Waals surface area contributed by atoms with Crippen LogP contribution in [0, 0.1) is 17.3 Å². The van der Waals surface area contributed by atoms with E-state index in [0.29, 0.717) is 5.41 Å². The summed E-state index contributed by atoms with van der Waals surface area (Å²) in [6.07, 6.45) is 8.91. The number of hydrogen-bond donors (Lipinski definition) is 1. The summed E-state index contributed by atoms with van der Waals surface area (Å²) in [5.41, 5.74) is 0.609. The van der Waals surface area contributed by atoms with Crippen molar-refractivity contribution in [3.63, 3.8) is 0 Å². The molecule has 3 saturated carbocycles. The summed E-state index contributed by atoms with van der Waals surface area (Å²) >= 11 is 0. The van der Waals surface area contributed by atoms with Crippen LogP contribution in [-0.4, -0.2) is 12.1 Å². The molecule has 1 N–H and O–H groups in total. The Balaban J connectivity index is 1.47. The molecule has 3 fully saturated rings. The molecule has 0 amide bonds. The van der Waals surface area contributed by atoms with Gasteiger partial charge in [0.15, 0.2) is 0 Å². The van der Waals surface area contributed by atoms with Crippen molar-refractivity contribution in [1.82, 2.24) is 5.32 Å². The van der Waals surface area contributed by atoms with Gasteiger partial charge in [0.25, 0.3) is 0 Å². The lowest BCUT2D eigenvalue weighted by molar-refractivity contribution is 0.427. The summed E-state index contributed by atoms with van der Waals surface area (Å²) in [5, 5.41) is 3.86. The van der Waals surface area contributed by atoms with E-state index < -0.39 is 0 Å². The van der Waals surface area contributed by atoms with Crippen molar-refractivity contribution >= 4 is 0 Å². The maximum absolute atomic E-state index is 3.86. The fourth-order valence-electron chi connectivity index (χ4n) is 3.20. The molecule has 80 valence electrons. The van der Waals surface area contributed by atoms with Crippen molar-refractivity contribution in [2.45, 2.75) is 64.5 Å². The SMILES string of the molecule is CC1(C)CC1NC1CCC(C2CC2)C1.